The molecule has 1 unspecified atom stereocenters. The monoisotopic (exact) mass is 360 g/mol. The highest BCUT2D eigenvalue weighted by Crippen LogP contribution is 2.14. The van der Waals surface area contributed by atoms with Crippen LogP contribution < -0.4 is 0 Å². The van der Waals surface area contributed by atoms with Crippen LogP contribution in [-0.2, 0) is 18.3 Å². The van der Waals surface area contributed by atoms with Gasteiger partial charge in [-0.1, -0.05) is 70.6 Å². The van der Waals surface area contributed by atoms with Gasteiger partial charge in [0, 0.05) is 20.8 Å². The summed E-state index contributed by atoms with van der Waals surface area (Å²) in [7, 11) is 2.25. The molecule has 144 valence electrons. The van der Waals surface area contributed by atoms with Gasteiger partial charge < -0.3 is 18.3 Å². The van der Waals surface area contributed by atoms with Gasteiger partial charge in [-0.2, -0.15) is 0 Å². The Balaban J connectivity index is 1.64. The highest BCUT2D eigenvalue weighted by Gasteiger charge is 2.21. The van der Waals surface area contributed by atoms with Gasteiger partial charge in [0.15, 0.2) is 0 Å². The van der Waals surface area contributed by atoms with E-state index in [0.29, 0.717) is 6.10 Å². The summed E-state index contributed by atoms with van der Waals surface area (Å²) in [5, 5.41) is 0. The summed E-state index contributed by atoms with van der Waals surface area (Å²) >= 11 is 0. The highest BCUT2D eigenvalue weighted by molar-refractivity contribution is 6.44. The minimum absolute atomic E-state index is 0.416. The second-order valence-electron chi connectivity index (χ2n) is 6.96. The molecule has 1 atom stereocenters. The summed E-state index contributed by atoms with van der Waals surface area (Å²) in [5.74, 6) is 0. The Morgan fingerprint density at radius 2 is 1.21 bits per heavy atom. The Kier molecular flexibility index (Phi) is 15.2. The predicted molar refractivity (Wildman–Crippen MR) is 102 cm³/mol. The van der Waals surface area contributed by atoms with E-state index in [9.17, 15) is 0 Å². The zero-order chi connectivity index (χ0) is 17.3. The van der Waals surface area contributed by atoms with Crippen molar-refractivity contribution in [3.63, 3.8) is 0 Å². The van der Waals surface area contributed by atoms with Crippen molar-refractivity contribution < 1.29 is 18.3 Å². The smallest absolute Gasteiger partial charge is 0.320 e. The lowest BCUT2D eigenvalue weighted by Crippen LogP contribution is -2.18. The number of ether oxygens (including phenoxy) is 2. The number of rotatable bonds is 19. The molecular weight excluding hydrogens is 320 g/mol. The van der Waals surface area contributed by atoms with E-state index in [1.54, 1.807) is 14.2 Å². The van der Waals surface area contributed by atoms with Gasteiger partial charge in [-0.25, -0.2) is 0 Å². The average molecular weight is 361 g/mol. The molecule has 0 saturated carbocycles. The van der Waals surface area contributed by atoms with Crippen LogP contribution in [0.4, 0.5) is 0 Å². The molecule has 1 aliphatic rings. The highest BCUT2D eigenvalue weighted by atomic mass is 28.3. The SMILES string of the molecule is CO[SiH](CCCCCCCCCCCCCCOCC1CO1)OC. The maximum absolute atomic E-state index is 5.55. The van der Waals surface area contributed by atoms with E-state index >= 15 is 0 Å². The lowest BCUT2D eigenvalue weighted by molar-refractivity contribution is 0.113. The fourth-order valence-electron chi connectivity index (χ4n) is 2.99. The fraction of sp³-hybridized carbons (Fsp3) is 1.00. The first-order chi connectivity index (χ1) is 11.9. The molecule has 5 heteroatoms. The van der Waals surface area contributed by atoms with Gasteiger partial charge in [0.1, 0.15) is 6.10 Å². The molecule has 0 aromatic rings. The normalized spacial score (nSPS) is 16.9. The van der Waals surface area contributed by atoms with E-state index in [1.807, 2.05) is 0 Å². The van der Waals surface area contributed by atoms with Gasteiger partial charge in [-0.3, -0.25) is 0 Å². The molecule has 4 nitrogen and oxygen atoms in total. The summed E-state index contributed by atoms with van der Waals surface area (Å²) in [6.07, 6.45) is 16.7. The van der Waals surface area contributed by atoms with Crippen LogP contribution in [-0.4, -0.2) is 49.4 Å². The molecule has 1 saturated heterocycles. The fourth-order valence-corrected chi connectivity index (χ4v) is 4.28. The van der Waals surface area contributed by atoms with Gasteiger partial charge in [0.25, 0.3) is 0 Å². The Labute approximate surface area is 151 Å². The minimum Gasteiger partial charge on any atom is -0.400 e. The Hall–Kier alpha value is 0.0569. The molecule has 0 aromatic heterocycles. The molecule has 1 heterocycles. The molecule has 0 N–H and O–H groups in total. The van der Waals surface area contributed by atoms with Crippen molar-refractivity contribution in [2.24, 2.45) is 0 Å². The van der Waals surface area contributed by atoms with E-state index < -0.39 is 9.28 Å². The summed E-state index contributed by atoms with van der Waals surface area (Å²) < 4.78 is 21.3. The zero-order valence-corrected chi connectivity index (χ0v) is 17.3. The molecule has 24 heavy (non-hydrogen) atoms. The van der Waals surface area contributed by atoms with E-state index in [1.165, 1.54) is 77.0 Å². The molecule has 1 rings (SSSR count). The quantitative estimate of drug-likeness (QED) is 0.192. The standard InChI is InChI=1S/C19H40O4Si/c1-20-24(21-2)16-14-12-10-8-6-4-3-5-7-9-11-13-15-22-17-19-18-23-19/h19,24H,3-18H2,1-2H3. The van der Waals surface area contributed by atoms with Crippen LogP contribution >= 0.6 is 0 Å². The van der Waals surface area contributed by atoms with Crippen LogP contribution in [0.15, 0.2) is 0 Å². The van der Waals surface area contributed by atoms with Gasteiger partial charge >= 0.3 is 9.28 Å². The summed E-state index contributed by atoms with van der Waals surface area (Å²) in [6.45, 7) is 2.63. The maximum atomic E-state index is 5.55. The third-order valence-electron chi connectivity index (χ3n) is 4.71. The summed E-state index contributed by atoms with van der Waals surface area (Å²) in [5.41, 5.74) is 0. The van der Waals surface area contributed by atoms with Crippen molar-refractivity contribution in [2.45, 2.75) is 89.2 Å². The summed E-state index contributed by atoms with van der Waals surface area (Å²) in [6, 6.07) is 1.16. The summed E-state index contributed by atoms with van der Waals surface area (Å²) in [4.78, 5) is 0. The van der Waals surface area contributed by atoms with Crippen molar-refractivity contribution >= 4 is 9.28 Å². The van der Waals surface area contributed by atoms with Crippen molar-refractivity contribution in [1.82, 2.24) is 0 Å². The number of hydrogen-bond acceptors (Lipinski definition) is 4. The minimum atomic E-state index is -1.30. The topological polar surface area (TPSA) is 40.2 Å². The molecule has 1 fully saturated rings. The van der Waals surface area contributed by atoms with Crippen LogP contribution in [0.1, 0.15) is 77.0 Å². The Morgan fingerprint density at radius 1 is 0.750 bits per heavy atom. The second-order valence-corrected chi connectivity index (χ2v) is 9.34. The molecule has 0 aromatic carbocycles. The van der Waals surface area contributed by atoms with Gasteiger partial charge in [-0.05, 0) is 12.5 Å². The number of unbranched alkanes of at least 4 members (excludes halogenated alkanes) is 11. The first-order valence-corrected chi connectivity index (χ1v) is 11.9. The second kappa shape index (κ2) is 16.5. The number of epoxide rings is 1. The predicted octanol–water partition coefficient (Wildman–Crippen LogP) is 4.60. The van der Waals surface area contributed by atoms with Crippen LogP contribution in [0.25, 0.3) is 0 Å². The van der Waals surface area contributed by atoms with Crippen LogP contribution in [0.2, 0.25) is 6.04 Å². The lowest BCUT2D eigenvalue weighted by Gasteiger charge is -2.10. The van der Waals surface area contributed by atoms with E-state index in [4.69, 9.17) is 18.3 Å². The van der Waals surface area contributed by atoms with Crippen molar-refractivity contribution in [1.29, 1.82) is 0 Å². The van der Waals surface area contributed by atoms with E-state index in [0.717, 1.165) is 25.9 Å². The van der Waals surface area contributed by atoms with Crippen molar-refractivity contribution in [3.8, 4) is 0 Å². The third kappa shape index (κ3) is 14.4. The van der Waals surface area contributed by atoms with Gasteiger partial charge in [0.05, 0.1) is 13.2 Å². The third-order valence-corrected chi connectivity index (χ3v) is 6.64. The van der Waals surface area contributed by atoms with Gasteiger partial charge in [-0.15, -0.1) is 0 Å². The van der Waals surface area contributed by atoms with Crippen molar-refractivity contribution in [3.05, 3.63) is 0 Å². The van der Waals surface area contributed by atoms with Crippen molar-refractivity contribution in [2.75, 3.05) is 34.0 Å². The molecule has 0 spiro atoms. The molecule has 0 aliphatic carbocycles. The number of hydrogen-bond donors (Lipinski definition) is 0. The Bertz CT molecular complexity index is 258. The molecule has 1 aliphatic heterocycles. The molecule has 0 radical (unpaired) electrons. The van der Waals surface area contributed by atoms with Crippen LogP contribution in [0.5, 0.6) is 0 Å². The van der Waals surface area contributed by atoms with Crippen LogP contribution in [0, 0.1) is 0 Å². The van der Waals surface area contributed by atoms with Crippen LogP contribution in [0.3, 0.4) is 0 Å². The Morgan fingerprint density at radius 3 is 1.67 bits per heavy atom. The molecular formula is C19H40O4Si. The largest absolute Gasteiger partial charge is 0.400 e. The first-order valence-electron chi connectivity index (χ1n) is 10.1. The lowest BCUT2D eigenvalue weighted by atomic mass is 10.1. The average Bonchev–Trinajstić information content (AvgIpc) is 3.42. The van der Waals surface area contributed by atoms with E-state index in [2.05, 4.69) is 0 Å². The first kappa shape index (κ1) is 22.1. The molecule has 0 bridgehead atoms. The molecule has 0 amide bonds. The van der Waals surface area contributed by atoms with E-state index in [-0.39, 0.29) is 0 Å². The van der Waals surface area contributed by atoms with Gasteiger partial charge in [0.2, 0.25) is 0 Å². The maximum Gasteiger partial charge on any atom is 0.320 e. The zero-order valence-electron chi connectivity index (χ0n) is 16.1.